The van der Waals surface area contributed by atoms with Crippen LogP contribution in [0.3, 0.4) is 0 Å². The summed E-state index contributed by atoms with van der Waals surface area (Å²) in [4.78, 5) is 0.0794. The molecule has 0 amide bonds. The van der Waals surface area contributed by atoms with E-state index in [4.69, 9.17) is 0 Å². The second kappa shape index (κ2) is 10.6. The van der Waals surface area contributed by atoms with Crippen LogP contribution >= 0.6 is 15.8 Å². The Kier molecular flexibility index (Phi) is 8.14. The van der Waals surface area contributed by atoms with Gasteiger partial charge in [0.15, 0.2) is 0 Å². The number of hydrogen-bond acceptors (Lipinski definition) is 0. The van der Waals surface area contributed by atoms with Crippen molar-refractivity contribution in [3.05, 3.63) is 121 Å². The van der Waals surface area contributed by atoms with E-state index in [1.807, 2.05) is 0 Å². The minimum atomic E-state index is -0.552. The van der Waals surface area contributed by atoms with Gasteiger partial charge in [-0.05, 0) is 37.1 Å². The molecule has 0 heterocycles. The van der Waals surface area contributed by atoms with Crippen molar-refractivity contribution in [2.75, 3.05) is 0 Å². The Balaban J connectivity index is 0.00000256. The molecule has 0 spiro atoms. The average Bonchev–Trinajstić information content (AvgIpc) is 2.77. The fourth-order valence-corrected chi connectivity index (χ4v) is 11.2. The third-order valence-electron chi connectivity index (χ3n) is 5.15. The van der Waals surface area contributed by atoms with Gasteiger partial charge in [-0.15, -0.1) is 0 Å². The zero-order valence-electron chi connectivity index (χ0n) is 17.3. The summed E-state index contributed by atoms with van der Waals surface area (Å²) < 4.78 is 0. The van der Waals surface area contributed by atoms with Crippen LogP contribution in [-0.4, -0.2) is 4.90 Å². The molecule has 0 aliphatic carbocycles. The van der Waals surface area contributed by atoms with Gasteiger partial charge in [0.25, 0.3) is 0 Å². The van der Waals surface area contributed by atoms with Gasteiger partial charge < -0.3 is 0 Å². The SMILES string of the molecule is CC(C)(P(c1ccccc1)c1ccccc1)P(c1ccccc1)c1ccccc1.[Rh]. The molecular formula is C27H26P2Rh. The van der Waals surface area contributed by atoms with Crippen LogP contribution in [0.15, 0.2) is 121 Å². The summed E-state index contributed by atoms with van der Waals surface area (Å²) in [5.41, 5.74) is 0. The van der Waals surface area contributed by atoms with Crippen LogP contribution in [0.1, 0.15) is 13.8 Å². The Labute approximate surface area is 196 Å². The second-order valence-corrected chi connectivity index (χ2v) is 13.5. The smallest absolute Gasteiger partial charge is 0.0210 e. The zero-order valence-corrected chi connectivity index (χ0v) is 20.7. The standard InChI is InChI=1S/C27H26P2.Rh/c1-27(2,28(23-15-7-3-8-16-23)24-17-9-4-10-18-24)29(25-19-11-5-12-20-25)26-21-13-6-14-22-26;/h3-22H,1-2H3;. The summed E-state index contributed by atoms with van der Waals surface area (Å²) >= 11 is 0. The third kappa shape index (κ3) is 4.98. The van der Waals surface area contributed by atoms with E-state index >= 15 is 0 Å². The third-order valence-corrected chi connectivity index (χ3v) is 11.8. The maximum Gasteiger partial charge on any atom is 0.0210 e. The van der Waals surface area contributed by atoms with Gasteiger partial charge in [-0.3, -0.25) is 0 Å². The zero-order chi connectivity index (χ0) is 20.1. The summed E-state index contributed by atoms with van der Waals surface area (Å²) in [7, 11) is -1.10. The summed E-state index contributed by atoms with van der Waals surface area (Å²) in [5.74, 6) is 0. The quantitative estimate of drug-likeness (QED) is 0.219. The van der Waals surface area contributed by atoms with Crippen LogP contribution in [0.2, 0.25) is 0 Å². The van der Waals surface area contributed by atoms with Crippen molar-refractivity contribution in [1.29, 1.82) is 0 Å². The number of hydrogen-bond donors (Lipinski definition) is 0. The van der Waals surface area contributed by atoms with Gasteiger partial charge in [0, 0.05) is 24.4 Å². The molecular weight excluding hydrogens is 489 g/mol. The molecule has 0 unspecified atom stereocenters. The first-order valence-electron chi connectivity index (χ1n) is 9.98. The first-order valence-corrected chi connectivity index (χ1v) is 12.7. The van der Waals surface area contributed by atoms with Crippen molar-refractivity contribution in [1.82, 2.24) is 0 Å². The van der Waals surface area contributed by atoms with Gasteiger partial charge in [0.05, 0.1) is 0 Å². The molecule has 4 rings (SSSR count). The maximum absolute atomic E-state index is 2.48. The van der Waals surface area contributed by atoms with Crippen LogP contribution in [0.5, 0.6) is 0 Å². The van der Waals surface area contributed by atoms with Gasteiger partial charge >= 0.3 is 0 Å². The molecule has 0 bridgehead atoms. The fourth-order valence-electron chi connectivity index (χ4n) is 3.97. The predicted molar refractivity (Wildman–Crippen MR) is 132 cm³/mol. The molecule has 0 aromatic heterocycles. The van der Waals surface area contributed by atoms with E-state index in [1.165, 1.54) is 21.2 Å². The summed E-state index contributed by atoms with van der Waals surface area (Å²) in [5, 5.41) is 5.77. The van der Waals surface area contributed by atoms with E-state index in [1.54, 1.807) is 0 Å². The Hall–Kier alpha value is -1.64. The van der Waals surface area contributed by atoms with Gasteiger partial charge in [-0.1, -0.05) is 135 Å². The number of benzene rings is 4. The van der Waals surface area contributed by atoms with Crippen LogP contribution in [0.25, 0.3) is 0 Å². The number of rotatable bonds is 6. The van der Waals surface area contributed by atoms with E-state index < -0.39 is 15.8 Å². The van der Waals surface area contributed by atoms with E-state index in [0.29, 0.717) is 0 Å². The molecule has 1 radical (unpaired) electrons. The average molecular weight is 515 g/mol. The first kappa shape index (κ1) is 23.0. The van der Waals surface area contributed by atoms with E-state index in [9.17, 15) is 0 Å². The monoisotopic (exact) mass is 515 g/mol. The Morgan fingerprint density at radius 2 is 0.600 bits per heavy atom. The summed E-state index contributed by atoms with van der Waals surface area (Å²) in [6.45, 7) is 4.95. The fraction of sp³-hybridized carbons (Fsp3) is 0.111. The van der Waals surface area contributed by atoms with E-state index in [-0.39, 0.29) is 24.4 Å². The summed E-state index contributed by atoms with van der Waals surface area (Å²) in [6, 6.07) is 44.4. The summed E-state index contributed by atoms with van der Waals surface area (Å²) in [6.07, 6.45) is 0. The molecule has 0 saturated carbocycles. The largest absolute Gasteiger partial charge is 0.0622 e. The van der Waals surface area contributed by atoms with Crippen molar-refractivity contribution < 1.29 is 19.5 Å². The predicted octanol–water partition coefficient (Wildman–Crippen LogP) is 5.99. The van der Waals surface area contributed by atoms with Crippen molar-refractivity contribution in [3.63, 3.8) is 0 Å². The molecule has 0 fully saturated rings. The molecule has 4 aromatic carbocycles. The second-order valence-electron chi connectivity index (χ2n) is 7.51. The molecule has 0 aliphatic heterocycles. The Morgan fingerprint density at radius 1 is 0.400 bits per heavy atom. The maximum atomic E-state index is 2.48. The van der Waals surface area contributed by atoms with Crippen LogP contribution in [0.4, 0.5) is 0 Å². The van der Waals surface area contributed by atoms with Gasteiger partial charge in [0.2, 0.25) is 0 Å². The van der Waals surface area contributed by atoms with Gasteiger partial charge in [-0.25, -0.2) is 0 Å². The molecule has 30 heavy (non-hydrogen) atoms. The van der Waals surface area contributed by atoms with Crippen molar-refractivity contribution in [3.8, 4) is 0 Å². The van der Waals surface area contributed by atoms with Crippen LogP contribution in [-0.2, 0) is 19.5 Å². The molecule has 0 saturated heterocycles. The molecule has 4 aromatic rings. The molecule has 0 atom stereocenters. The Morgan fingerprint density at radius 3 is 0.800 bits per heavy atom. The molecule has 0 aliphatic rings. The van der Waals surface area contributed by atoms with Crippen molar-refractivity contribution in [2.24, 2.45) is 0 Å². The van der Waals surface area contributed by atoms with Crippen LogP contribution < -0.4 is 21.2 Å². The minimum Gasteiger partial charge on any atom is -0.0622 e. The van der Waals surface area contributed by atoms with Crippen molar-refractivity contribution in [2.45, 2.75) is 18.7 Å². The normalized spacial score (nSPS) is 11.3. The molecule has 153 valence electrons. The topological polar surface area (TPSA) is 0 Å². The van der Waals surface area contributed by atoms with Gasteiger partial charge in [0.1, 0.15) is 0 Å². The van der Waals surface area contributed by atoms with Crippen molar-refractivity contribution >= 4 is 37.1 Å². The minimum absolute atomic E-state index is 0. The van der Waals surface area contributed by atoms with Crippen LogP contribution in [0, 0.1) is 0 Å². The van der Waals surface area contributed by atoms with E-state index in [0.717, 1.165) is 0 Å². The molecule has 0 nitrogen and oxygen atoms in total. The van der Waals surface area contributed by atoms with E-state index in [2.05, 4.69) is 135 Å². The Bertz CT molecular complexity index is 855. The molecule has 3 heteroatoms. The molecule has 0 N–H and O–H groups in total. The van der Waals surface area contributed by atoms with Gasteiger partial charge in [-0.2, -0.15) is 0 Å². The first-order chi connectivity index (χ1) is 14.2.